The summed E-state index contributed by atoms with van der Waals surface area (Å²) in [6.45, 7) is 0. The number of nitriles is 1. The number of rotatable bonds is 2. The predicted octanol–water partition coefficient (Wildman–Crippen LogP) is 1.18. The van der Waals surface area contributed by atoms with Crippen molar-refractivity contribution in [3.8, 4) is 6.07 Å². The highest BCUT2D eigenvalue weighted by Crippen LogP contribution is 2.36. The Morgan fingerprint density at radius 2 is 2.11 bits per heavy atom. The van der Waals surface area contributed by atoms with Gasteiger partial charge in [-0.1, -0.05) is 19.3 Å². The normalized spacial score (nSPS) is 17.7. The quantitative estimate of drug-likeness (QED) is 0.818. The van der Waals surface area contributed by atoms with Gasteiger partial charge in [0.1, 0.15) is 5.41 Å². The van der Waals surface area contributed by atoms with Crippen LogP contribution in [-0.4, -0.2) is 16.1 Å². The van der Waals surface area contributed by atoms with E-state index in [1.165, 1.54) is 12.1 Å². The highest BCUT2D eigenvalue weighted by atomic mass is 16.2. The minimum Gasteiger partial charge on any atom is -0.308 e. The summed E-state index contributed by atoms with van der Waals surface area (Å²) < 4.78 is 0. The van der Waals surface area contributed by atoms with E-state index >= 15 is 0 Å². The highest BCUT2D eigenvalue weighted by molar-refractivity contribution is 5.96. The van der Waals surface area contributed by atoms with E-state index in [9.17, 15) is 14.9 Å². The molecule has 94 valence electrons. The first kappa shape index (κ1) is 12.3. The Bertz CT molecular complexity index is 517. The molecule has 1 aliphatic rings. The molecular weight excluding hydrogens is 232 g/mol. The maximum Gasteiger partial charge on any atom is 0.264 e. The molecule has 6 nitrogen and oxygen atoms in total. The molecule has 1 fully saturated rings. The summed E-state index contributed by atoms with van der Waals surface area (Å²) in [4.78, 5) is 23.0. The van der Waals surface area contributed by atoms with Gasteiger partial charge in [0, 0.05) is 6.07 Å². The van der Waals surface area contributed by atoms with Gasteiger partial charge >= 0.3 is 0 Å². The molecule has 18 heavy (non-hydrogen) atoms. The summed E-state index contributed by atoms with van der Waals surface area (Å²) in [7, 11) is 0. The Kier molecular flexibility index (Phi) is 3.42. The lowest BCUT2D eigenvalue weighted by atomic mass is 9.74. The Morgan fingerprint density at radius 3 is 2.67 bits per heavy atom. The average molecular weight is 246 g/mol. The summed E-state index contributed by atoms with van der Waals surface area (Å²) in [5.74, 6) is -0.0657. The molecule has 1 saturated carbocycles. The van der Waals surface area contributed by atoms with Gasteiger partial charge in [-0.25, -0.2) is 5.10 Å². The van der Waals surface area contributed by atoms with Crippen LogP contribution in [0.1, 0.15) is 32.1 Å². The molecule has 0 bridgehead atoms. The van der Waals surface area contributed by atoms with Gasteiger partial charge in [-0.15, -0.1) is 0 Å². The number of nitrogens with one attached hydrogen (secondary N) is 2. The fraction of sp³-hybridized carbons (Fsp3) is 0.500. The number of aromatic amines is 1. The molecule has 6 heteroatoms. The SMILES string of the molecule is N#CC1(C(=O)Nc2ccc(=O)[nH]n2)CCCCC1. The average Bonchev–Trinajstić information content (AvgIpc) is 2.42. The molecule has 0 atom stereocenters. The number of aromatic nitrogens is 2. The van der Waals surface area contributed by atoms with Crippen LogP contribution in [0.2, 0.25) is 0 Å². The molecule has 0 aromatic carbocycles. The largest absolute Gasteiger partial charge is 0.308 e. The number of amides is 1. The summed E-state index contributed by atoms with van der Waals surface area (Å²) in [6.07, 6.45) is 4.01. The van der Waals surface area contributed by atoms with Crippen molar-refractivity contribution < 1.29 is 4.79 Å². The van der Waals surface area contributed by atoms with E-state index in [1.807, 2.05) is 0 Å². The van der Waals surface area contributed by atoms with E-state index in [0.717, 1.165) is 19.3 Å². The zero-order valence-electron chi connectivity index (χ0n) is 9.90. The van der Waals surface area contributed by atoms with Crippen LogP contribution < -0.4 is 10.9 Å². The second-order valence-corrected chi connectivity index (χ2v) is 4.52. The first-order valence-corrected chi connectivity index (χ1v) is 5.95. The van der Waals surface area contributed by atoms with Crippen molar-refractivity contribution in [2.24, 2.45) is 5.41 Å². The van der Waals surface area contributed by atoms with Crippen LogP contribution >= 0.6 is 0 Å². The van der Waals surface area contributed by atoms with Gasteiger partial charge in [-0.05, 0) is 18.9 Å². The van der Waals surface area contributed by atoms with Crippen LogP contribution in [0.25, 0.3) is 0 Å². The van der Waals surface area contributed by atoms with Gasteiger partial charge in [0.15, 0.2) is 5.82 Å². The standard InChI is InChI=1S/C12H14N4O2/c13-8-12(6-2-1-3-7-12)11(18)14-9-4-5-10(17)16-15-9/h4-5H,1-3,6-7H2,(H,16,17)(H,14,15,18). The summed E-state index contributed by atoms with van der Waals surface area (Å²) in [6, 6.07) is 4.84. The molecule has 0 saturated heterocycles. The third-order valence-corrected chi connectivity index (χ3v) is 3.28. The first-order chi connectivity index (χ1) is 8.66. The number of nitrogens with zero attached hydrogens (tertiary/aromatic N) is 2. The summed E-state index contributed by atoms with van der Waals surface area (Å²) in [5.41, 5.74) is -1.28. The van der Waals surface area contributed by atoms with Crippen LogP contribution in [0.5, 0.6) is 0 Å². The Hall–Kier alpha value is -2.16. The maximum atomic E-state index is 12.1. The molecule has 1 amide bonds. The van der Waals surface area contributed by atoms with Gasteiger partial charge in [-0.3, -0.25) is 9.59 Å². The zero-order chi connectivity index (χ0) is 13.0. The lowest BCUT2D eigenvalue weighted by Gasteiger charge is -2.28. The third kappa shape index (κ3) is 2.40. The second-order valence-electron chi connectivity index (χ2n) is 4.52. The molecule has 1 aliphatic carbocycles. The molecule has 0 unspecified atom stereocenters. The topological polar surface area (TPSA) is 98.6 Å². The van der Waals surface area contributed by atoms with E-state index in [0.29, 0.717) is 12.8 Å². The molecule has 2 N–H and O–H groups in total. The molecule has 0 radical (unpaired) electrons. The van der Waals surface area contributed by atoms with Crippen LogP contribution in [0.15, 0.2) is 16.9 Å². The van der Waals surface area contributed by atoms with Gasteiger partial charge in [0.25, 0.3) is 5.56 Å². The van der Waals surface area contributed by atoms with Crippen molar-refractivity contribution in [3.63, 3.8) is 0 Å². The van der Waals surface area contributed by atoms with Gasteiger partial charge in [-0.2, -0.15) is 10.4 Å². The minimum atomic E-state index is -0.948. The highest BCUT2D eigenvalue weighted by Gasteiger charge is 2.39. The second kappa shape index (κ2) is 5.00. The Morgan fingerprint density at radius 1 is 1.39 bits per heavy atom. The van der Waals surface area contributed by atoms with Gasteiger partial charge < -0.3 is 5.32 Å². The van der Waals surface area contributed by atoms with E-state index in [4.69, 9.17) is 0 Å². The molecule has 1 aromatic heterocycles. The third-order valence-electron chi connectivity index (χ3n) is 3.28. The van der Waals surface area contributed by atoms with Crippen LogP contribution in [0, 0.1) is 16.7 Å². The molecule has 2 rings (SSSR count). The van der Waals surface area contributed by atoms with Gasteiger partial charge in [0.05, 0.1) is 6.07 Å². The van der Waals surface area contributed by atoms with Crippen molar-refractivity contribution >= 4 is 11.7 Å². The van der Waals surface area contributed by atoms with E-state index < -0.39 is 5.41 Å². The maximum absolute atomic E-state index is 12.1. The number of hydrogen-bond acceptors (Lipinski definition) is 4. The van der Waals surface area contributed by atoms with E-state index in [2.05, 4.69) is 21.6 Å². The predicted molar refractivity (Wildman–Crippen MR) is 64.6 cm³/mol. The number of carbonyl (C=O) groups is 1. The zero-order valence-corrected chi connectivity index (χ0v) is 9.90. The number of anilines is 1. The molecule has 1 aromatic rings. The fourth-order valence-corrected chi connectivity index (χ4v) is 2.20. The van der Waals surface area contributed by atoms with Crippen molar-refractivity contribution in [2.45, 2.75) is 32.1 Å². The van der Waals surface area contributed by atoms with Crippen LogP contribution in [-0.2, 0) is 4.79 Å². The first-order valence-electron chi connectivity index (χ1n) is 5.95. The minimum absolute atomic E-state index is 0.264. The van der Waals surface area contributed by atoms with Crippen molar-refractivity contribution in [1.29, 1.82) is 5.26 Å². The smallest absolute Gasteiger partial charge is 0.264 e. The fourth-order valence-electron chi connectivity index (χ4n) is 2.20. The van der Waals surface area contributed by atoms with Crippen molar-refractivity contribution in [1.82, 2.24) is 10.2 Å². The monoisotopic (exact) mass is 246 g/mol. The number of hydrogen-bond donors (Lipinski definition) is 2. The van der Waals surface area contributed by atoms with Crippen molar-refractivity contribution in [3.05, 3.63) is 22.5 Å². The lowest BCUT2D eigenvalue weighted by molar-refractivity contribution is -0.124. The van der Waals surface area contributed by atoms with Crippen LogP contribution in [0.4, 0.5) is 5.82 Å². The number of H-pyrrole nitrogens is 1. The molecule has 1 heterocycles. The Labute approximate surface area is 104 Å². The van der Waals surface area contributed by atoms with E-state index in [1.54, 1.807) is 0 Å². The van der Waals surface area contributed by atoms with Gasteiger partial charge in [0.2, 0.25) is 5.91 Å². The molecular formula is C12H14N4O2. The molecule has 0 spiro atoms. The summed E-state index contributed by atoms with van der Waals surface area (Å²) >= 11 is 0. The van der Waals surface area contributed by atoms with E-state index in [-0.39, 0.29) is 17.3 Å². The molecule has 0 aliphatic heterocycles. The Balaban J connectivity index is 2.13. The van der Waals surface area contributed by atoms with Crippen molar-refractivity contribution in [2.75, 3.05) is 5.32 Å². The number of carbonyl (C=O) groups excluding carboxylic acids is 1. The lowest BCUT2D eigenvalue weighted by Crippen LogP contribution is -2.37. The van der Waals surface area contributed by atoms with Crippen LogP contribution in [0.3, 0.4) is 0 Å². The summed E-state index contributed by atoms with van der Waals surface area (Å²) in [5, 5.41) is 17.8.